The molecule has 1 heterocycles. The molecule has 0 spiro atoms. The molecule has 8 heteroatoms. The molecule has 0 radical (unpaired) electrons. The number of unbranched alkanes of at least 4 members (excludes halogenated alkanes) is 10. The predicted molar refractivity (Wildman–Crippen MR) is 187 cm³/mol. The Balaban J connectivity index is 1.68. The number of nitrogens with one attached hydrogen (secondary N) is 1. The second-order valence-electron chi connectivity index (χ2n) is 13.1. The van der Waals surface area contributed by atoms with Crippen LogP contribution in [-0.2, 0) is 32.2 Å². The Morgan fingerprint density at radius 3 is 1.87 bits per heavy atom. The van der Waals surface area contributed by atoms with Crippen LogP contribution < -0.4 is 5.32 Å². The molecule has 1 aliphatic heterocycles. The van der Waals surface area contributed by atoms with Gasteiger partial charge in [0, 0.05) is 31.5 Å². The Bertz CT molecular complexity index is 1120. The third-order valence-corrected chi connectivity index (χ3v) is 9.04. The van der Waals surface area contributed by atoms with E-state index in [-0.39, 0.29) is 37.6 Å². The molecule has 1 fully saturated rings. The van der Waals surface area contributed by atoms with Gasteiger partial charge in [-0.2, -0.15) is 0 Å². The molecule has 3 N–H and O–H groups in total. The van der Waals surface area contributed by atoms with Gasteiger partial charge >= 0.3 is 5.97 Å². The molecule has 0 aliphatic carbocycles. The number of rotatable bonds is 24. The van der Waals surface area contributed by atoms with E-state index in [1.807, 2.05) is 36.4 Å². The van der Waals surface area contributed by atoms with Gasteiger partial charge in [0.05, 0.1) is 25.2 Å². The van der Waals surface area contributed by atoms with Crippen LogP contribution in [0, 0.1) is 0 Å². The van der Waals surface area contributed by atoms with Gasteiger partial charge in [0.2, 0.25) is 5.91 Å². The highest BCUT2D eigenvalue weighted by Crippen LogP contribution is 2.38. The van der Waals surface area contributed by atoms with Crippen molar-refractivity contribution >= 4 is 11.9 Å². The van der Waals surface area contributed by atoms with E-state index in [1.165, 1.54) is 77.0 Å². The fourth-order valence-electron chi connectivity index (χ4n) is 6.15. The van der Waals surface area contributed by atoms with E-state index in [9.17, 15) is 14.7 Å². The minimum absolute atomic E-state index is 0.00431. The van der Waals surface area contributed by atoms with Gasteiger partial charge in [0.1, 0.15) is 0 Å². The molecular weight excluding hydrogens is 592 g/mol. The van der Waals surface area contributed by atoms with Crippen molar-refractivity contribution in [3.63, 3.8) is 0 Å². The summed E-state index contributed by atoms with van der Waals surface area (Å²) in [6.45, 7) is 7.93. The number of carboxylic acid groups (broad SMARTS) is 1. The van der Waals surface area contributed by atoms with Crippen LogP contribution in [0.1, 0.15) is 145 Å². The first-order valence-corrected chi connectivity index (χ1v) is 18.2. The fraction of sp³-hybridized carbons (Fsp3) is 0.641. The molecule has 0 saturated carbocycles. The highest BCUT2D eigenvalue weighted by atomic mass is 16.7. The van der Waals surface area contributed by atoms with Crippen molar-refractivity contribution in [2.24, 2.45) is 0 Å². The summed E-state index contributed by atoms with van der Waals surface area (Å²) >= 11 is 0. The number of hydrogen-bond acceptors (Lipinski definition) is 6. The van der Waals surface area contributed by atoms with Crippen LogP contribution in [0.4, 0.5) is 0 Å². The SMILES string of the molecule is CCCCCCCCN(CCCCCCCC)C[C@@H]1C[C@H](c2ccc(CO)cc2)O[C@H](c2ccc(CNC(=O)CCC(=O)O)cc2)O1. The van der Waals surface area contributed by atoms with Crippen molar-refractivity contribution < 1.29 is 29.3 Å². The molecule has 0 bridgehead atoms. The Kier molecular flexibility index (Phi) is 18.7. The average molecular weight is 653 g/mol. The first kappa shape index (κ1) is 38.7. The number of aliphatic carboxylic acids is 1. The normalized spacial score (nSPS) is 18.0. The molecule has 262 valence electrons. The third kappa shape index (κ3) is 15.3. The Labute approximate surface area is 283 Å². The number of benzene rings is 2. The Morgan fingerprint density at radius 1 is 0.745 bits per heavy atom. The lowest BCUT2D eigenvalue weighted by molar-refractivity contribution is -0.253. The zero-order valence-electron chi connectivity index (χ0n) is 29.0. The zero-order chi connectivity index (χ0) is 33.7. The van der Waals surface area contributed by atoms with Crippen molar-refractivity contribution in [3.05, 3.63) is 70.8 Å². The average Bonchev–Trinajstić information content (AvgIpc) is 3.09. The van der Waals surface area contributed by atoms with E-state index in [0.29, 0.717) is 6.54 Å². The standard InChI is InChI=1S/C39H60N2O6/c1-3-5-7-9-11-13-25-41(26-14-12-10-8-6-4-2)29-35-27-36(33-19-17-32(30-42)18-20-33)47-39(46-35)34-21-15-31(16-22-34)28-40-37(43)23-24-38(44)45/h15-22,35-36,39,42H,3-14,23-30H2,1-2H3,(H,40,43)(H,44,45)/t35-,36+,39+/m0/s1. The van der Waals surface area contributed by atoms with Gasteiger partial charge in [-0.3, -0.25) is 9.59 Å². The molecule has 1 amide bonds. The van der Waals surface area contributed by atoms with Crippen LogP contribution in [0.25, 0.3) is 0 Å². The molecule has 1 aliphatic rings. The number of amides is 1. The number of carbonyl (C=O) groups is 2. The maximum Gasteiger partial charge on any atom is 0.303 e. The van der Waals surface area contributed by atoms with Gasteiger partial charge < -0.3 is 29.9 Å². The van der Waals surface area contributed by atoms with E-state index in [2.05, 4.69) is 36.2 Å². The van der Waals surface area contributed by atoms with Crippen molar-refractivity contribution in [2.75, 3.05) is 19.6 Å². The van der Waals surface area contributed by atoms with Gasteiger partial charge in [-0.15, -0.1) is 0 Å². The van der Waals surface area contributed by atoms with Crippen molar-refractivity contribution in [3.8, 4) is 0 Å². The topological polar surface area (TPSA) is 108 Å². The second-order valence-corrected chi connectivity index (χ2v) is 13.1. The van der Waals surface area contributed by atoms with Gasteiger partial charge in [-0.05, 0) is 42.6 Å². The first-order valence-electron chi connectivity index (χ1n) is 18.2. The number of aliphatic hydroxyl groups is 1. The number of carbonyl (C=O) groups excluding carboxylic acids is 1. The molecule has 2 aromatic carbocycles. The summed E-state index contributed by atoms with van der Waals surface area (Å²) in [6, 6.07) is 15.9. The number of aliphatic hydroxyl groups excluding tert-OH is 1. The van der Waals surface area contributed by atoms with Crippen LogP contribution in [0.3, 0.4) is 0 Å². The van der Waals surface area contributed by atoms with Crippen LogP contribution in [0.2, 0.25) is 0 Å². The minimum atomic E-state index is -0.981. The molecule has 8 nitrogen and oxygen atoms in total. The molecule has 3 rings (SSSR count). The second kappa shape index (κ2) is 22.7. The molecule has 0 aromatic heterocycles. The molecule has 3 atom stereocenters. The van der Waals surface area contributed by atoms with E-state index in [0.717, 1.165) is 48.3 Å². The largest absolute Gasteiger partial charge is 0.481 e. The van der Waals surface area contributed by atoms with Crippen LogP contribution in [0.5, 0.6) is 0 Å². The number of hydrogen-bond donors (Lipinski definition) is 3. The monoisotopic (exact) mass is 652 g/mol. The van der Waals surface area contributed by atoms with Crippen molar-refractivity contribution in [1.29, 1.82) is 0 Å². The highest BCUT2D eigenvalue weighted by Gasteiger charge is 2.33. The molecule has 1 saturated heterocycles. The minimum Gasteiger partial charge on any atom is -0.481 e. The summed E-state index contributed by atoms with van der Waals surface area (Å²) in [4.78, 5) is 25.4. The summed E-state index contributed by atoms with van der Waals surface area (Å²) in [5.41, 5.74) is 3.80. The van der Waals surface area contributed by atoms with E-state index in [1.54, 1.807) is 0 Å². The summed E-state index contributed by atoms with van der Waals surface area (Å²) in [5.74, 6) is -1.26. The summed E-state index contributed by atoms with van der Waals surface area (Å²) in [7, 11) is 0. The summed E-state index contributed by atoms with van der Waals surface area (Å²) < 4.78 is 13.3. The van der Waals surface area contributed by atoms with Gasteiger partial charge in [-0.1, -0.05) is 127 Å². The Hall–Kier alpha value is -2.78. The first-order chi connectivity index (χ1) is 22.9. The van der Waals surface area contributed by atoms with Gasteiger partial charge in [0.15, 0.2) is 6.29 Å². The van der Waals surface area contributed by atoms with Gasteiger partial charge in [-0.25, -0.2) is 0 Å². The maximum absolute atomic E-state index is 12.0. The molecule has 47 heavy (non-hydrogen) atoms. The fourth-order valence-corrected chi connectivity index (χ4v) is 6.15. The quantitative estimate of drug-likeness (QED) is 0.0981. The maximum atomic E-state index is 12.0. The lowest BCUT2D eigenvalue weighted by Crippen LogP contribution is -2.40. The lowest BCUT2D eigenvalue weighted by Gasteiger charge is -2.38. The van der Waals surface area contributed by atoms with Crippen molar-refractivity contribution in [2.45, 2.75) is 142 Å². The number of ether oxygens (including phenoxy) is 2. The summed E-state index contributed by atoms with van der Waals surface area (Å²) in [6.07, 6.45) is 15.3. The number of nitrogens with zero attached hydrogens (tertiary/aromatic N) is 1. The van der Waals surface area contributed by atoms with E-state index >= 15 is 0 Å². The molecule has 0 unspecified atom stereocenters. The number of carboxylic acids is 1. The third-order valence-electron chi connectivity index (χ3n) is 9.04. The van der Waals surface area contributed by atoms with Crippen LogP contribution >= 0.6 is 0 Å². The molecule has 2 aromatic rings. The van der Waals surface area contributed by atoms with Crippen molar-refractivity contribution in [1.82, 2.24) is 10.2 Å². The highest BCUT2D eigenvalue weighted by molar-refractivity contribution is 5.80. The van der Waals surface area contributed by atoms with Crippen LogP contribution in [-0.4, -0.2) is 52.7 Å². The predicted octanol–water partition coefficient (Wildman–Crippen LogP) is 8.23. The smallest absolute Gasteiger partial charge is 0.303 e. The van der Waals surface area contributed by atoms with E-state index in [4.69, 9.17) is 14.6 Å². The Morgan fingerprint density at radius 2 is 1.30 bits per heavy atom. The zero-order valence-corrected chi connectivity index (χ0v) is 29.0. The van der Waals surface area contributed by atoms with Gasteiger partial charge in [0.25, 0.3) is 0 Å². The van der Waals surface area contributed by atoms with Crippen LogP contribution in [0.15, 0.2) is 48.5 Å². The van der Waals surface area contributed by atoms with E-state index < -0.39 is 12.3 Å². The summed E-state index contributed by atoms with van der Waals surface area (Å²) in [5, 5.41) is 21.2. The lowest BCUT2D eigenvalue weighted by atomic mass is 9.99. The molecular formula is C39H60N2O6.